The zero-order chi connectivity index (χ0) is 16.6. The third-order valence-corrected chi connectivity index (χ3v) is 4.34. The molecule has 1 aliphatic heterocycles. The Morgan fingerprint density at radius 1 is 0.957 bits per heavy atom. The Morgan fingerprint density at radius 2 is 1.57 bits per heavy atom. The third-order valence-electron chi connectivity index (χ3n) is 4.34. The summed E-state index contributed by atoms with van der Waals surface area (Å²) >= 11 is 0. The molecule has 0 aliphatic carbocycles. The molecular formula is C19H23N3O. The van der Waals surface area contributed by atoms with Crippen molar-refractivity contribution < 1.29 is 4.74 Å². The van der Waals surface area contributed by atoms with Crippen LogP contribution in [0.2, 0.25) is 0 Å². The van der Waals surface area contributed by atoms with Crippen molar-refractivity contribution in [3.05, 3.63) is 53.1 Å². The van der Waals surface area contributed by atoms with E-state index < -0.39 is 0 Å². The lowest BCUT2D eigenvalue weighted by Crippen LogP contribution is -2.33. The second-order valence-corrected chi connectivity index (χ2v) is 6.05. The van der Waals surface area contributed by atoms with Crippen molar-refractivity contribution in [2.45, 2.75) is 20.8 Å². The van der Waals surface area contributed by atoms with E-state index in [1.54, 1.807) is 7.11 Å². The van der Waals surface area contributed by atoms with E-state index >= 15 is 0 Å². The summed E-state index contributed by atoms with van der Waals surface area (Å²) < 4.78 is 5.45. The highest BCUT2D eigenvalue weighted by Gasteiger charge is 2.30. The first-order chi connectivity index (χ1) is 11.0. The van der Waals surface area contributed by atoms with Crippen LogP contribution in [0, 0.1) is 26.2 Å². The van der Waals surface area contributed by atoms with E-state index in [-0.39, 0.29) is 0 Å². The topological polar surface area (TPSA) is 39.6 Å². The van der Waals surface area contributed by atoms with Gasteiger partial charge in [0.1, 0.15) is 5.75 Å². The lowest BCUT2D eigenvalue weighted by atomic mass is 10.0. The first-order valence-corrected chi connectivity index (χ1v) is 7.87. The van der Waals surface area contributed by atoms with Gasteiger partial charge in [-0.2, -0.15) is 0 Å². The molecule has 1 fully saturated rings. The number of guanidine groups is 1. The normalized spacial score (nSPS) is 14.5. The van der Waals surface area contributed by atoms with Gasteiger partial charge in [0.2, 0.25) is 5.96 Å². The maximum Gasteiger partial charge on any atom is 0.203 e. The number of hydrogen-bond donors (Lipinski definition) is 1. The van der Waals surface area contributed by atoms with Crippen molar-refractivity contribution in [1.29, 1.82) is 5.41 Å². The average Bonchev–Trinajstić information content (AvgIpc) is 2.88. The van der Waals surface area contributed by atoms with Gasteiger partial charge >= 0.3 is 0 Å². The van der Waals surface area contributed by atoms with Gasteiger partial charge in [0.15, 0.2) is 0 Å². The van der Waals surface area contributed by atoms with Gasteiger partial charge in [-0.05, 0) is 44.0 Å². The first kappa shape index (κ1) is 15.4. The number of hydrogen-bond acceptors (Lipinski definition) is 2. The monoisotopic (exact) mass is 309 g/mol. The number of nitrogens with zero attached hydrogens (tertiary/aromatic N) is 2. The van der Waals surface area contributed by atoms with Crippen LogP contribution in [0.5, 0.6) is 5.75 Å². The molecule has 1 saturated heterocycles. The molecular weight excluding hydrogens is 286 g/mol. The van der Waals surface area contributed by atoms with Crippen LogP contribution >= 0.6 is 0 Å². The van der Waals surface area contributed by atoms with Gasteiger partial charge in [-0.3, -0.25) is 5.41 Å². The second kappa shape index (κ2) is 5.95. The van der Waals surface area contributed by atoms with E-state index in [4.69, 9.17) is 10.1 Å². The van der Waals surface area contributed by atoms with Gasteiger partial charge in [0.25, 0.3) is 0 Å². The zero-order valence-corrected chi connectivity index (χ0v) is 14.2. The Bertz CT molecular complexity index is 731. The molecule has 0 saturated carbocycles. The summed E-state index contributed by atoms with van der Waals surface area (Å²) in [5.74, 6) is 1.31. The molecule has 1 heterocycles. The Kier molecular flexibility index (Phi) is 3.99. The van der Waals surface area contributed by atoms with Crippen LogP contribution in [0.4, 0.5) is 11.4 Å². The summed E-state index contributed by atoms with van der Waals surface area (Å²) in [6.07, 6.45) is 0. The van der Waals surface area contributed by atoms with Gasteiger partial charge in [0, 0.05) is 18.8 Å². The summed E-state index contributed by atoms with van der Waals surface area (Å²) in [4.78, 5) is 4.11. The highest BCUT2D eigenvalue weighted by molar-refractivity contribution is 6.09. The molecule has 2 aromatic rings. The molecule has 0 unspecified atom stereocenters. The summed E-state index contributed by atoms with van der Waals surface area (Å²) in [5, 5.41) is 8.65. The first-order valence-electron chi connectivity index (χ1n) is 7.87. The number of anilines is 2. The lowest BCUT2D eigenvalue weighted by Gasteiger charge is -2.25. The Morgan fingerprint density at radius 3 is 2.22 bits per heavy atom. The minimum absolute atomic E-state index is 0.504. The van der Waals surface area contributed by atoms with Crippen LogP contribution in [0.3, 0.4) is 0 Å². The van der Waals surface area contributed by atoms with E-state index in [0.29, 0.717) is 5.96 Å². The fourth-order valence-corrected chi connectivity index (χ4v) is 3.46. The number of rotatable bonds is 3. The van der Waals surface area contributed by atoms with Gasteiger partial charge in [-0.25, -0.2) is 0 Å². The predicted octanol–water partition coefficient (Wildman–Crippen LogP) is 3.88. The van der Waals surface area contributed by atoms with Gasteiger partial charge in [-0.15, -0.1) is 0 Å². The molecule has 0 amide bonds. The molecule has 2 aromatic carbocycles. The van der Waals surface area contributed by atoms with E-state index in [1.165, 1.54) is 16.7 Å². The number of aryl methyl sites for hydroxylation is 3. The number of nitrogens with one attached hydrogen (secondary N) is 1. The molecule has 0 radical (unpaired) electrons. The minimum atomic E-state index is 0.504. The molecule has 1 aliphatic rings. The van der Waals surface area contributed by atoms with E-state index in [9.17, 15) is 0 Å². The molecule has 23 heavy (non-hydrogen) atoms. The van der Waals surface area contributed by atoms with Crippen molar-refractivity contribution in [1.82, 2.24) is 0 Å². The molecule has 0 aromatic heterocycles. The lowest BCUT2D eigenvalue weighted by molar-refractivity contribution is 0.415. The summed E-state index contributed by atoms with van der Waals surface area (Å²) in [5.41, 5.74) is 5.79. The molecule has 3 rings (SSSR count). The summed E-state index contributed by atoms with van der Waals surface area (Å²) in [6.45, 7) is 7.94. The molecule has 4 heteroatoms. The van der Waals surface area contributed by atoms with Gasteiger partial charge in [0.05, 0.1) is 12.8 Å². The van der Waals surface area contributed by atoms with Crippen LogP contribution in [-0.4, -0.2) is 26.2 Å². The average molecular weight is 309 g/mol. The highest BCUT2D eigenvalue weighted by Crippen LogP contribution is 2.34. The third kappa shape index (κ3) is 2.65. The Balaban J connectivity index is 1.97. The van der Waals surface area contributed by atoms with E-state index in [2.05, 4.69) is 37.8 Å². The maximum atomic E-state index is 8.65. The van der Waals surface area contributed by atoms with E-state index in [0.717, 1.165) is 30.2 Å². The van der Waals surface area contributed by atoms with Gasteiger partial charge < -0.3 is 14.5 Å². The zero-order valence-electron chi connectivity index (χ0n) is 14.2. The fourth-order valence-electron chi connectivity index (χ4n) is 3.46. The van der Waals surface area contributed by atoms with Crippen molar-refractivity contribution in [3.8, 4) is 5.75 Å². The van der Waals surface area contributed by atoms with Crippen molar-refractivity contribution >= 4 is 17.3 Å². The van der Waals surface area contributed by atoms with Crippen LogP contribution in [0.25, 0.3) is 0 Å². The van der Waals surface area contributed by atoms with Crippen LogP contribution < -0.4 is 14.5 Å². The van der Waals surface area contributed by atoms with Crippen molar-refractivity contribution in [3.63, 3.8) is 0 Å². The number of methoxy groups -OCH3 is 1. The van der Waals surface area contributed by atoms with Crippen LogP contribution in [-0.2, 0) is 0 Å². The number of benzene rings is 2. The van der Waals surface area contributed by atoms with E-state index in [1.807, 2.05) is 29.2 Å². The number of para-hydroxylation sites is 2. The smallest absolute Gasteiger partial charge is 0.203 e. The van der Waals surface area contributed by atoms with Crippen LogP contribution in [0.15, 0.2) is 36.4 Å². The molecule has 0 spiro atoms. The molecule has 120 valence electrons. The SMILES string of the molecule is COc1ccccc1N1CCN(c2c(C)cc(C)cc2C)C1=N. The Labute approximate surface area is 137 Å². The minimum Gasteiger partial charge on any atom is -0.495 e. The van der Waals surface area contributed by atoms with Crippen LogP contribution in [0.1, 0.15) is 16.7 Å². The second-order valence-electron chi connectivity index (χ2n) is 6.05. The van der Waals surface area contributed by atoms with Gasteiger partial charge in [-0.1, -0.05) is 29.8 Å². The highest BCUT2D eigenvalue weighted by atomic mass is 16.5. The largest absolute Gasteiger partial charge is 0.495 e. The maximum absolute atomic E-state index is 8.65. The summed E-state index contributed by atoms with van der Waals surface area (Å²) in [6, 6.07) is 12.2. The summed E-state index contributed by atoms with van der Waals surface area (Å²) in [7, 11) is 1.67. The molecule has 4 nitrogen and oxygen atoms in total. The molecule has 0 atom stereocenters. The standard InChI is InChI=1S/C19H23N3O/c1-13-11-14(2)18(15(3)12-13)22-10-9-21(19(22)20)16-7-5-6-8-17(16)23-4/h5-8,11-12,20H,9-10H2,1-4H3. The quantitative estimate of drug-likeness (QED) is 0.935. The molecule has 0 bridgehead atoms. The Hall–Kier alpha value is -2.49. The molecule has 1 N–H and O–H groups in total. The fraction of sp³-hybridized carbons (Fsp3) is 0.316. The number of ether oxygens (including phenoxy) is 1. The predicted molar refractivity (Wildman–Crippen MR) is 96.1 cm³/mol. The van der Waals surface area contributed by atoms with Crippen molar-refractivity contribution in [2.75, 3.05) is 30.0 Å². The van der Waals surface area contributed by atoms with Crippen molar-refractivity contribution in [2.24, 2.45) is 0 Å².